The summed E-state index contributed by atoms with van der Waals surface area (Å²) < 4.78 is 5.58. The average Bonchev–Trinajstić information content (AvgIpc) is 3.63. The first-order valence-corrected chi connectivity index (χ1v) is 12.6. The zero-order valence-corrected chi connectivity index (χ0v) is 20.5. The standard InChI is InChI=1S/C28H29N7O2/c36-26(31-18-19-4-5-24-21(16-19)8-15-37-24)22-2-1-3-23(17-22)33-28(9-13-30-14-10-28)27-32-25(34-35-27)20-6-11-29-12-7-20/h1-7,11-12,16-17,30,33H,8-10,13-15,18H2,(H,31,36)(H,32,34,35). The van der Waals surface area contributed by atoms with E-state index in [0.29, 0.717) is 17.9 Å². The number of rotatable bonds is 7. The van der Waals surface area contributed by atoms with Crippen molar-refractivity contribution in [1.29, 1.82) is 0 Å². The second-order valence-electron chi connectivity index (χ2n) is 9.50. The van der Waals surface area contributed by atoms with Gasteiger partial charge in [0.2, 0.25) is 0 Å². The number of H-pyrrole nitrogens is 1. The minimum atomic E-state index is -0.425. The largest absolute Gasteiger partial charge is 0.493 e. The van der Waals surface area contributed by atoms with E-state index in [4.69, 9.17) is 9.72 Å². The van der Waals surface area contributed by atoms with Gasteiger partial charge < -0.3 is 20.7 Å². The summed E-state index contributed by atoms with van der Waals surface area (Å²) in [5.41, 5.74) is 4.22. The Morgan fingerprint density at radius 1 is 1.05 bits per heavy atom. The lowest BCUT2D eigenvalue weighted by Gasteiger charge is -2.37. The molecule has 0 spiro atoms. The van der Waals surface area contributed by atoms with E-state index < -0.39 is 5.54 Å². The van der Waals surface area contributed by atoms with Crippen molar-refractivity contribution in [3.63, 3.8) is 0 Å². The Hall–Kier alpha value is -4.24. The number of nitrogens with zero attached hydrogens (tertiary/aromatic N) is 3. The van der Waals surface area contributed by atoms with Crippen LogP contribution in [-0.2, 0) is 18.5 Å². The zero-order chi connectivity index (χ0) is 25.1. The van der Waals surface area contributed by atoms with Gasteiger partial charge in [-0.3, -0.25) is 14.9 Å². The number of fused-ring (bicyclic) bond motifs is 1. The first kappa shape index (κ1) is 23.2. The SMILES string of the molecule is O=C(NCc1ccc2c(c1)CCO2)c1cccc(NC2(c3nc(-c4ccncc4)n[nH]3)CCNCC2)c1. The van der Waals surface area contributed by atoms with Gasteiger partial charge in [-0.05, 0) is 73.5 Å². The van der Waals surface area contributed by atoms with Crippen LogP contribution in [0.3, 0.4) is 0 Å². The third kappa shape index (κ3) is 4.90. The quantitative estimate of drug-likeness (QED) is 0.310. The van der Waals surface area contributed by atoms with E-state index in [9.17, 15) is 4.79 Å². The van der Waals surface area contributed by atoms with Crippen molar-refractivity contribution >= 4 is 11.6 Å². The van der Waals surface area contributed by atoms with E-state index in [1.54, 1.807) is 12.4 Å². The van der Waals surface area contributed by atoms with E-state index in [0.717, 1.165) is 67.3 Å². The maximum absolute atomic E-state index is 13.0. The third-order valence-electron chi connectivity index (χ3n) is 7.05. The fourth-order valence-electron chi connectivity index (χ4n) is 5.03. The van der Waals surface area contributed by atoms with E-state index in [2.05, 4.69) is 37.2 Å². The molecule has 6 rings (SSSR count). The molecular weight excluding hydrogens is 466 g/mol. The Labute approximate surface area is 215 Å². The number of piperidine rings is 1. The van der Waals surface area contributed by atoms with Crippen LogP contribution >= 0.6 is 0 Å². The number of anilines is 1. The minimum absolute atomic E-state index is 0.112. The van der Waals surface area contributed by atoms with Crippen molar-refractivity contribution < 1.29 is 9.53 Å². The number of ether oxygens (including phenoxy) is 1. The van der Waals surface area contributed by atoms with Gasteiger partial charge in [-0.15, -0.1) is 0 Å². The van der Waals surface area contributed by atoms with Crippen LogP contribution in [0, 0.1) is 0 Å². The van der Waals surface area contributed by atoms with Crippen LogP contribution in [0.15, 0.2) is 67.0 Å². The number of carbonyl (C=O) groups excluding carboxylic acids is 1. The number of amides is 1. The molecule has 2 aromatic heterocycles. The van der Waals surface area contributed by atoms with Crippen LogP contribution < -0.4 is 20.7 Å². The lowest BCUT2D eigenvalue weighted by Crippen LogP contribution is -2.46. The molecule has 2 aliphatic rings. The normalized spacial score (nSPS) is 16.0. The van der Waals surface area contributed by atoms with Crippen molar-refractivity contribution in [3.8, 4) is 17.1 Å². The average molecular weight is 496 g/mol. The second kappa shape index (κ2) is 10.0. The molecule has 0 unspecified atom stereocenters. The Morgan fingerprint density at radius 2 is 1.92 bits per heavy atom. The van der Waals surface area contributed by atoms with Gasteiger partial charge in [-0.2, -0.15) is 5.10 Å². The molecule has 4 heterocycles. The Balaban J connectivity index is 1.19. The molecule has 0 saturated carbocycles. The summed E-state index contributed by atoms with van der Waals surface area (Å²) in [6.07, 6.45) is 6.04. The number of hydrogen-bond acceptors (Lipinski definition) is 7. The molecule has 2 aliphatic heterocycles. The fourth-order valence-corrected chi connectivity index (χ4v) is 5.03. The molecule has 37 heavy (non-hydrogen) atoms. The molecule has 1 fully saturated rings. The van der Waals surface area contributed by atoms with E-state index in [1.165, 1.54) is 5.56 Å². The van der Waals surface area contributed by atoms with Crippen molar-refractivity contribution in [1.82, 2.24) is 30.8 Å². The molecule has 9 nitrogen and oxygen atoms in total. The third-order valence-corrected chi connectivity index (χ3v) is 7.05. The van der Waals surface area contributed by atoms with Gasteiger partial charge in [0.25, 0.3) is 5.91 Å². The number of carbonyl (C=O) groups is 1. The van der Waals surface area contributed by atoms with Gasteiger partial charge in [-0.1, -0.05) is 18.2 Å². The van der Waals surface area contributed by atoms with Gasteiger partial charge in [0.15, 0.2) is 11.6 Å². The van der Waals surface area contributed by atoms with Crippen LogP contribution in [0.2, 0.25) is 0 Å². The molecular formula is C28H29N7O2. The molecule has 9 heteroatoms. The summed E-state index contributed by atoms with van der Waals surface area (Å²) >= 11 is 0. The molecule has 188 valence electrons. The molecule has 0 bridgehead atoms. The summed E-state index contributed by atoms with van der Waals surface area (Å²) in [6, 6.07) is 17.5. The number of aromatic amines is 1. The second-order valence-corrected chi connectivity index (χ2v) is 9.50. The van der Waals surface area contributed by atoms with E-state index in [-0.39, 0.29) is 5.91 Å². The first-order valence-electron chi connectivity index (χ1n) is 12.6. The summed E-state index contributed by atoms with van der Waals surface area (Å²) in [5.74, 6) is 2.26. The Morgan fingerprint density at radius 3 is 2.78 bits per heavy atom. The number of benzene rings is 2. The van der Waals surface area contributed by atoms with Gasteiger partial charge >= 0.3 is 0 Å². The predicted octanol–water partition coefficient (Wildman–Crippen LogP) is 3.42. The minimum Gasteiger partial charge on any atom is -0.493 e. The summed E-state index contributed by atoms with van der Waals surface area (Å²) in [4.78, 5) is 21.9. The number of pyridine rings is 1. The van der Waals surface area contributed by atoms with Crippen LogP contribution in [0.5, 0.6) is 5.75 Å². The van der Waals surface area contributed by atoms with Crippen molar-refractivity contribution in [2.75, 3.05) is 25.0 Å². The lowest BCUT2D eigenvalue weighted by molar-refractivity contribution is 0.0951. The maximum Gasteiger partial charge on any atom is 0.251 e. The highest BCUT2D eigenvalue weighted by atomic mass is 16.5. The van der Waals surface area contributed by atoms with E-state index >= 15 is 0 Å². The van der Waals surface area contributed by atoms with Gasteiger partial charge in [0, 0.05) is 42.2 Å². The molecule has 1 saturated heterocycles. The highest BCUT2D eigenvalue weighted by Crippen LogP contribution is 2.34. The molecule has 4 N–H and O–H groups in total. The Kier molecular flexibility index (Phi) is 6.28. The van der Waals surface area contributed by atoms with Crippen molar-refractivity contribution in [3.05, 3.63) is 89.5 Å². The zero-order valence-electron chi connectivity index (χ0n) is 20.5. The fraction of sp³-hybridized carbons (Fsp3) is 0.286. The molecule has 0 radical (unpaired) electrons. The highest BCUT2D eigenvalue weighted by molar-refractivity contribution is 5.95. The van der Waals surface area contributed by atoms with Crippen LogP contribution in [0.1, 0.15) is 40.2 Å². The highest BCUT2D eigenvalue weighted by Gasteiger charge is 2.37. The molecule has 4 aromatic rings. The van der Waals surface area contributed by atoms with E-state index in [1.807, 2.05) is 48.5 Å². The van der Waals surface area contributed by atoms with Gasteiger partial charge in [-0.25, -0.2) is 4.98 Å². The summed E-state index contributed by atoms with van der Waals surface area (Å²) in [5, 5.41) is 17.8. The van der Waals surface area contributed by atoms with Crippen LogP contribution in [0.25, 0.3) is 11.4 Å². The van der Waals surface area contributed by atoms with Crippen LogP contribution in [0.4, 0.5) is 5.69 Å². The van der Waals surface area contributed by atoms with Crippen LogP contribution in [-0.4, -0.2) is 45.8 Å². The van der Waals surface area contributed by atoms with Gasteiger partial charge in [0.1, 0.15) is 5.75 Å². The number of aromatic nitrogens is 4. The lowest BCUT2D eigenvalue weighted by atomic mass is 9.87. The molecule has 2 aromatic carbocycles. The van der Waals surface area contributed by atoms with Crippen molar-refractivity contribution in [2.45, 2.75) is 31.3 Å². The van der Waals surface area contributed by atoms with Gasteiger partial charge in [0.05, 0.1) is 12.1 Å². The summed E-state index contributed by atoms with van der Waals surface area (Å²) in [7, 11) is 0. The molecule has 0 atom stereocenters. The molecule has 0 aliphatic carbocycles. The number of nitrogens with one attached hydrogen (secondary N) is 4. The predicted molar refractivity (Wildman–Crippen MR) is 140 cm³/mol. The number of hydrogen-bond donors (Lipinski definition) is 4. The first-order chi connectivity index (χ1) is 18.2. The maximum atomic E-state index is 13.0. The smallest absolute Gasteiger partial charge is 0.251 e. The summed E-state index contributed by atoms with van der Waals surface area (Å²) in [6.45, 7) is 2.89. The topological polar surface area (TPSA) is 117 Å². The monoisotopic (exact) mass is 495 g/mol. The molecule has 1 amide bonds. The Bertz CT molecular complexity index is 1400. The van der Waals surface area contributed by atoms with Crippen molar-refractivity contribution in [2.24, 2.45) is 0 Å².